The van der Waals surface area contributed by atoms with Crippen molar-refractivity contribution in [3.8, 4) is 5.75 Å². The number of hydrogen-bond acceptors (Lipinski definition) is 3. The summed E-state index contributed by atoms with van der Waals surface area (Å²) in [6.45, 7) is 0.734. The highest BCUT2D eigenvalue weighted by Crippen LogP contribution is 2.45. The number of carbonyl (C=O) groups is 1. The standard InChI is InChI=1S/C25H26N2O2S/c1-29-19-13-11-18(12-14-19)26-25(28)27-16-15-21-20-9-5-6-10-22(20)30-24(21)23(27)17-7-3-2-4-8-17/h2-4,7-8,11-14,23H,5-6,9-10,15-16H2,1H3,(H,26,28)/t23-/m0/s1. The van der Waals surface area contributed by atoms with Gasteiger partial charge in [0.25, 0.3) is 0 Å². The molecule has 3 aromatic rings. The van der Waals surface area contributed by atoms with E-state index in [1.54, 1.807) is 17.6 Å². The van der Waals surface area contributed by atoms with Crippen LogP contribution in [0.4, 0.5) is 10.5 Å². The number of fused-ring (bicyclic) bond motifs is 3. The molecule has 1 N–H and O–H groups in total. The highest BCUT2D eigenvalue weighted by molar-refractivity contribution is 7.12. The van der Waals surface area contributed by atoms with Crippen LogP contribution in [0.3, 0.4) is 0 Å². The predicted molar refractivity (Wildman–Crippen MR) is 122 cm³/mol. The molecule has 0 fully saturated rings. The maximum absolute atomic E-state index is 13.3. The Balaban J connectivity index is 1.49. The Morgan fingerprint density at radius 2 is 1.77 bits per heavy atom. The molecule has 0 bridgehead atoms. The van der Waals surface area contributed by atoms with Crippen LogP contribution < -0.4 is 10.1 Å². The van der Waals surface area contributed by atoms with Gasteiger partial charge in [-0.25, -0.2) is 4.79 Å². The molecule has 30 heavy (non-hydrogen) atoms. The van der Waals surface area contributed by atoms with Gasteiger partial charge in [0.1, 0.15) is 5.75 Å². The van der Waals surface area contributed by atoms with E-state index in [1.807, 2.05) is 46.6 Å². The molecule has 1 aromatic heterocycles. The summed E-state index contributed by atoms with van der Waals surface area (Å²) in [4.78, 5) is 18.3. The van der Waals surface area contributed by atoms with Gasteiger partial charge in [-0.05, 0) is 73.1 Å². The number of nitrogens with zero attached hydrogens (tertiary/aromatic N) is 1. The Morgan fingerprint density at radius 3 is 2.53 bits per heavy atom. The summed E-state index contributed by atoms with van der Waals surface area (Å²) in [6.07, 6.45) is 5.89. The van der Waals surface area contributed by atoms with Crippen LogP contribution in [-0.2, 0) is 19.3 Å². The third-order valence-corrected chi connectivity index (χ3v) is 7.58. The lowest BCUT2D eigenvalue weighted by atomic mass is 9.88. The molecule has 2 aromatic carbocycles. The molecule has 0 saturated heterocycles. The summed E-state index contributed by atoms with van der Waals surface area (Å²) >= 11 is 1.93. The van der Waals surface area contributed by atoms with Crippen molar-refractivity contribution in [3.63, 3.8) is 0 Å². The zero-order chi connectivity index (χ0) is 20.5. The van der Waals surface area contributed by atoms with Crippen molar-refractivity contribution < 1.29 is 9.53 Å². The molecule has 2 aliphatic rings. The lowest BCUT2D eigenvalue weighted by Crippen LogP contribution is -2.42. The fourth-order valence-corrected chi connectivity index (χ4v) is 6.29. The molecule has 154 valence electrons. The predicted octanol–water partition coefficient (Wildman–Crippen LogP) is 5.82. The van der Waals surface area contributed by atoms with Crippen LogP contribution in [0.5, 0.6) is 5.75 Å². The van der Waals surface area contributed by atoms with Crippen molar-refractivity contribution in [1.29, 1.82) is 0 Å². The number of amides is 2. The topological polar surface area (TPSA) is 41.6 Å². The van der Waals surface area contributed by atoms with Crippen molar-refractivity contribution in [2.24, 2.45) is 0 Å². The average molecular weight is 419 g/mol. The molecule has 0 saturated carbocycles. The first-order chi connectivity index (χ1) is 14.7. The maximum Gasteiger partial charge on any atom is 0.322 e. The number of ether oxygens (including phenoxy) is 1. The van der Waals surface area contributed by atoms with E-state index in [1.165, 1.54) is 41.7 Å². The molecule has 2 heterocycles. The molecular weight excluding hydrogens is 392 g/mol. The highest BCUT2D eigenvalue weighted by atomic mass is 32.1. The van der Waals surface area contributed by atoms with Crippen LogP contribution in [0.1, 0.15) is 45.3 Å². The smallest absolute Gasteiger partial charge is 0.322 e. The number of anilines is 1. The van der Waals surface area contributed by atoms with E-state index in [2.05, 4.69) is 29.6 Å². The average Bonchev–Trinajstić information content (AvgIpc) is 3.18. The van der Waals surface area contributed by atoms with Gasteiger partial charge in [-0.1, -0.05) is 30.3 Å². The number of urea groups is 1. The normalized spacial score (nSPS) is 17.8. The van der Waals surface area contributed by atoms with Crippen LogP contribution in [0.15, 0.2) is 54.6 Å². The summed E-state index contributed by atoms with van der Waals surface area (Å²) in [5.41, 5.74) is 5.06. The lowest BCUT2D eigenvalue weighted by molar-refractivity contribution is 0.195. The zero-order valence-electron chi connectivity index (χ0n) is 17.2. The first kappa shape index (κ1) is 19.2. The number of thiophene rings is 1. The number of rotatable bonds is 3. The van der Waals surface area contributed by atoms with Gasteiger partial charge in [-0.2, -0.15) is 0 Å². The molecule has 1 aliphatic carbocycles. The lowest BCUT2D eigenvalue weighted by Gasteiger charge is -2.36. The fraction of sp³-hybridized carbons (Fsp3) is 0.320. The van der Waals surface area contributed by atoms with Gasteiger partial charge in [0.2, 0.25) is 0 Å². The number of methoxy groups -OCH3 is 1. The van der Waals surface area contributed by atoms with Crippen LogP contribution in [0, 0.1) is 0 Å². The van der Waals surface area contributed by atoms with Crippen molar-refractivity contribution in [3.05, 3.63) is 81.0 Å². The summed E-state index contributed by atoms with van der Waals surface area (Å²) in [5, 5.41) is 3.09. The highest BCUT2D eigenvalue weighted by Gasteiger charge is 2.36. The largest absolute Gasteiger partial charge is 0.497 e. The Morgan fingerprint density at radius 1 is 1.00 bits per heavy atom. The second-order valence-corrected chi connectivity index (χ2v) is 9.11. The van der Waals surface area contributed by atoms with Crippen molar-refractivity contribution in [2.75, 3.05) is 19.0 Å². The second kappa shape index (κ2) is 8.15. The van der Waals surface area contributed by atoms with Gasteiger partial charge in [0.05, 0.1) is 13.2 Å². The van der Waals surface area contributed by atoms with E-state index in [0.717, 1.165) is 24.4 Å². The van der Waals surface area contributed by atoms with E-state index in [9.17, 15) is 4.79 Å². The van der Waals surface area contributed by atoms with Gasteiger partial charge >= 0.3 is 6.03 Å². The van der Waals surface area contributed by atoms with Gasteiger partial charge in [0, 0.05) is 22.0 Å². The molecule has 5 rings (SSSR count). The third-order valence-electron chi connectivity index (χ3n) is 6.19. The van der Waals surface area contributed by atoms with Gasteiger partial charge in [0.15, 0.2) is 0 Å². The molecule has 0 unspecified atom stereocenters. The molecule has 2 amide bonds. The molecule has 0 spiro atoms. The molecule has 1 atom stereocenters. The Kier molecular flexibility index (Phi) is 5.21. The molecule has 1 aliphatic heterocycles. The maximum atomic E-state index is 13.3. The van der Waals surface area contributed by atoms with Crippen LogP contribution in [0.25, 0.3) is 0 Å². The van der Waals surface area contributed by atoms with Crippen LogP contribution >= 0.6 is 11.3 Å². The number of nitrogens with one attached hydrogen (secondary N) is 1. The first-order valence-electron chi connectivity index (χ1n) is 10.6. The SMILES string of the molecule is COc1ccc(NC(=O)N2CCc3c(sc4c3CCCC4)[C@@H]2c2ccccc2)cc1. The molecule has 4 nitrogen and oxygen atoms in total. The van der Waals surface area contributed by atoms with E-state index in [0.29, 0.717) is 0 Å². The third kappa shape index (κ3) is 3.47. The first-order valence-corrected chi connectivity index (χ1v) is 11.5. The number of benzene rings is 2. The quantitative estimate of drug-likeness (QED) is 0.583. The number of aryl methyl sites for hydroxylation is 1. The van der Waals surface area contributed by atoms with Crippen molar-refractivity contribution in [2.45, 2.75) is 38.1 Å². The fourth-order valence-electron chi connectivity index (χ4n) is 4.71. The van der Waals surface area contributed by atoms with E-state index < -0.39 is 0 Å². The van der Waals surface area contributed by atoms with Gasteiger partial charge in [-0.3, -0.25) is 0 Å². The minimum Gasteiger partial charge on any atom is -0.497 e. The second-order valence-electron chi connectivity index (χ2n) is 7.97. The molecular formula is C25H26N2O2S. The molecule has 5 heteroatoms. The summed E-state index contributed by atoms with van der Waals surface area (Å²) in [5.74, 6) is 0.780. The number of carbonyl (C=O) groups excluding carboxylic acids is 1. The van der Waals surface area contributed by atoms with Gasteiger partial charge in [-0.15, -0.1) is 11.3 Å². The minimum absolute atomic E-state index is 0.0243. The monoisotopic (exact) mass is 418 g/mol. The van der Waals surface area contributed by atoms with E-state index in [-0.39, 0.29) is 12.1 Å². The van der Waals surface area contributed by atoms with E-state index in [4.69, 9.17) is 4.74 Å². The Hall–Kier alpha value is -2.79. The Bertz CT molecular complexity index is 1040. The Labute approximate surface area is 181 Å². The summed E-state index contributed by atoms with van der Waals surface area (Å²) in [6, 6.07) is 17.9. The van der Waals surface area contributed by atoms with Crippen LogP contribution in [-0.4, -0.2) is 24.6 Å². The summed E-state index contributed by atoms with van der Waals surface area (Å²) < 4.78 is 5.22. The summed E-state index contributed by atoms with van der Waals surface area (Å²) in [7, 11) is 1.64. The van der Waals surface area contributed by atoms with Gasteiger partial charge < -0.3 is 15.0 Å². The minimum atomic E-state index is -0.0500. The zero-order valence-corrected chi connectivity index (χ0v) is 18.0. The molecule has 0 radical (unpaired) electrons. The van der Waals surface area contributed by atoms with Crippen molar-refractivity contribution >= 4 is 23.1 Å². The van der Waals surface area contributed by atoms with Crippen molar-refractivity contribution in [1.82, 2.24) is 4.90 Å². The van der Waals surface area contributed by atoms with Crippen LogP contribution in [0.2, 0.25) is 0 Å². The number of hydrogen-bond donors (Lipinski definition) is 1. The van der Waals surface area contributed by atoms with E-state index >= 15 is 0 Å².